The van der Waals surface area contributed by atoms with Gasteiger partial charge in [0.05, 0.1) is 33.5 Å². The van der Waals surface area contributed by atoms with Crippen molar-refractivity contribution in [2.45, 2.75) is 10.8 Å². The number of guanidine groups is 1. The topological polar surface area (TPSA) is 83.4 Å². The first-order valence-electron chi connectivity index (χ1n) is 9.43. The fourth-order valence-electron chi connectivity index (χ4n) is 3.24. The number of hydrazone groups is 1. The second-order valence-electron chi connectivity index (χ2n) is 6.78. The monoisotopic (exact) mass is 508 g/mol. The molecule has 1 aromatic heterocycles. The van der Waals surface area contributed by atoms with Crippen molar-refractivity contribution < 1.29 is 13.3 Å². The highest BCUT2D eigenvalue weighted by Gasteiger charge is 2.33. The Balaban J connectivity index is 1.74. The molecule has 4 rings (SSSR count). The first kappa shape index (κ1) is 22.8. The Hall–Kier alpha value is -2.43. The summed E-state index contributed by atoms with van der Waals surface area (Å²) in [6.07, 6.45) is 0. The van der Waals surface area contributed by atoms with Gasteiger partial charge < -0.3 is 0 Å². The number of nitrogens with one attached hydrogen (secondary N) is 1. The predicted octanol–water partition coefficient (Wildman–Crippen LogP) is 4.75. The molecule has 2 aromatic carbocycles. The third-order valence-corrected chi connectivity index (χ3v) is 7.48. The van der Waals surface area contributed by atoms with E-state index in [2.05, 4.69) is 15.0 Å². The van der Waals surface area contributed by atoms with Gasteiger partial charge in [0.25, 0.3) is 16.0 Å². The van der Waals surface area contributed by atoms with Gasteiger partial charge in [-0.1, -0.05) is 53.5 Å². The van der Waals surface area contributed by atoms with Gasteiger partial charge in [0.1, 0.15) is 0 Å². The highest BCUT2D eigenvalue weighted by atomic mass is 35.5. The van der Waals surface area contributed by atoms with Crippen molar-refractivity contribution in [2.24, 2.45) is 9.50 Å². The number of rotatable bonds is 5. The van der Waals surface area contributed by atoms with Crippen LogP contribution in [0.2, 0.25) is 9.36 Å². The molecule has 1 unspecified atom stereocenters. The SMILES string of the molecule is CONC(=NS(=O)(=O)c1ccc(Cl)cc1)N1CC(c2ccccc2)C(c2ccc(Cl)s2)=N1. The Kier molecular flexibility index (Phi) is 6.82. The molecule has 0 amide bonds. The molecule has 3 aromatic rings. The normalized spacial score (nSPS) is 16.8. The quantitative estimate of drug-likeness (QED) is 0.305. The molecule has 1 N–H and O–H groups in total. The molecule has 166 valence electrons. The molecule has 0 bridgehead atoms. The second kappa shape index (κ2) is 9.60. The molecule has 0 saturated heterocycles. The number of sulfonamides is 1. The van der Waals surface area contributed by atoms with Crippen LogP contribution in [-0.4, -0.2) is 38.8 Å². The van der Waals surface area contributed by atoms with Crippen molar-refractivity contribution in [3.63, 3.8) is 0 Å². The molecule has 1 atom stereocenters. The smallest absolute Gasteiger partial charge is 0.277 e. The molecule has 7 nitrogen and oxygen atoms in total. The van der Waals surface area contributed by atoms with E-state index < -0.39 is 10.0 Å². The van der Waals surface area contributed by atoms with Crippen molar-refractivity contribution >= 4 is 56.2 Å². The van der Waals surface area contributed by atoms with Gasteiger partial charge in [-0.05, 0) is 42.0 Å². The minimum atomic E-state index is -4.04. The predicted molar refractivity (Wildman–Crippen MR) is 128 cm³/mol. The average Bonchev–Trinajstić information content (AvgIpc) is 3.41. The Morgan fingerprint density at radius 1 is 1.12 bits per heavy atom. The van der Waals surface area contributed by atoms with Crippen LogP contribution in [0.5, 0.6) is 0 Å². The summed E-state index contributed by atoms with van der Waals surface area (Å²) in [6.45, 7) is 0.361. The molecule has 1 aliphatic rings. The van der Waals surface area contributed by atoms with Crippen LogP contribution in [-0.2, 0) is 14.9 Å². The van der Waals surface area contributed by atoms with E-state index in [1.54, 1.807) is 0 Å². The largest absolute Gasteiger partial charge is 0.285 e. The Labute approximate surface area is 200 Å². The van der Waals surface area contributed by atoms with Crippen LogP contribution in [0.15, 0.2) is 81.1 Å². The van der Waals surface area contributed by atoms with Crippen molar-refractivity contribution in [1.29, 1.82) is 0 Å². The number of hydrogen-bond donors (Lipinski definition) is 1. The number of hydroxylamine groups is 1. The van der Waals surface area contributed by atoms with Crippen LogP contribution >= 0.6 is 34.5 Å². The van der Waals surface area contributed by atoms with Crippen molar-refractivity contribution in [1.82, 2.24) is 10.5 Å². The van der Waals surface area contributed by atoms with Crippen LogP contribution in [0.3, 0.4) is 0 Å². The number of nitrogens with zero attached hydrogens (tertiary/aromatic N) is 3. The molecule has 32 heavy (non-hydrogen) atoms. The summed E-state index contributed by atoms with van der Waals surface area (Å²) in [5, 5.41) is 6.60. The molecular formula is C21H18Cl2N4O3S2. The van der Waals surface area contributed by atoms with Crippen LogP contribution in [0.25, 0.3) is 0 Å². The minimum Gasteiger partial charge on any atom is -0.277 e. The highest BCUT2D eigenvalue weighted by molar-refractivity contribution is 7.90. The van der Waals surface area contributed by atoms with Crippen molar-refractivity contribution in [2.75, 3.05) is 13.7 Å². The molecule has 0 spiro atoms. The maximum absolute atomic E-state index is 12.9. The minimum absolute atomic E-state index is 0.00495. The zero-order valence-corrected chi connectivity index (χ0v) is 19.9. The van der Waals surface area contributed by atoms with E-state index in [-0.39, 0.29) is 16.8 Å². The maximum Gasteiger partial charge on any atom is 0.285 e. The molecule has 0 aliphatic carbocycles. The van der Waals surface area contributed by atoms with Gasteiger partial charge in [-0.25, -0.2) is 10.5 Å². The molecule has 0 fully saturated rings. The van der Waals surface area contributed by atoms with E-state index in [0.29, 0.717) is 15.9 Å². The maximum atomic E-state index is 12.9. The van der Waals surface area contributed by atoms with Crippen molar-refractivity contribution in [3.8, 4) is 0 Å². The molecule has 2 heterocycles. The van der Waals surface area contributed by atoms with E-state index >= 15 is 0 Å². The summed E-state index contributed by atoms with van der Waals surface area (Å²) in [7, 11) is -2.66. The van der Waals surface area contributed by atoms with Gasteiger partial charge >= 0.3 is 0 Å². The van der Waals surface area contributed by atoms with Gasteiger partial charge in [-0.3, -0.25) is 4.84 Å². The number of halogens is 2. The van der Waals surface area contributed by atoms with E-state index in [0.717, 1.165) is 16.2 Å². The van der Waals surface area contributed by atoms with Gasteiger partial charge in [-0.15, -0.1) is 15.7 Å². The molecule has 0 radical (unpaired) electrons. The third-order valence-electron chi connectivity index (χ3n) is 4.70. The summed E-state index contributed by atoms with van der Waals surface area (Å²) in [4.78, 5) is 5.90. The van der Waals surface area contributed by atoms with Gasteiger partial charge in [0, 0.05) is 10.9 Å². The summed E-state index contributed by atoms with van der Waals surface area (Å²) in [5.74, 6) is -0.172. The molecular weight excluding hydrogens is 491 g/mol. The zero-order chi connectivity index (χ0) is 22.7. The number of hydrogen-bond acceptors (Lipinski definition) is 5. The molecule has 11 heteroatoms. The third kappa shape index (κ3) is 4.97. The molecule has 1 aliphatic heterocycles. The Bertz CT molecular complexity index is 1260. The van der Waals surface area contributed by atoms with Crippen LogP contribution in [0.4, 0.5) is 0 Å². The van der Waals surface area contributed by atoms with Gasteiger partial charge in [0.15, 0.2) is 0 Å². The van der Waals surface area contributed by atoms with E-state index in [1.165, 1.54) is 47.7 Å². The summed E-state index contributed by atoms with van der Waals surface area (Å²) in [6, 6.07) is 19.3. The highest BCUT2D eigenvalue weighted by Crippen LogP contribution is 2.33. The first-order chi connectivity index (χ1) is 15.4. The second-order valence-corrected chi connectivity index (χ2v) is 10.5. The molecule has 0 saturated carbocycles. The lowest BCUT2D eigenvalue weighted by Gasteiger charge is -2.18. The van der Waals surface area contributed by atoms with E-state index in [1.807, 2.05) is 42.5 Å². The average molecular weight is 509 g/mol. The summed E-state index contributed by atoms with van der Waals surface area (Å²) < 4.78 is 30.3. The number of thiophene rings is 1. The lowest BCUT2D eigenvalue weighted by Crippen LogP contribution is -2.38. The Morgan fingerprint density at radius 2 is 1.84 bits per heavy atom. The first-order valence-corrected chi connectivity index (χ1v) is 12.4. The zero-order valence-electron chi connectivity index (χ0n) is 16.8. The lowest BCUT2D eigenvalue weighted by molar-refractivity contribution is 0.132. The van der Waals surface area contributed by atoms with Gasteiger partial charge in [0.2, 0.25) is 0 Å². The van der Waals surface area contributed by atoms with Crippen LogP contribution in [0.1, 0.15) is 16.4 Å². The van der Waals surface area contributed by atoms with E-state index in [9.17, 15) is 8.42 Å². The van der Waals surface area contributed by atoms with Gasteiger partial charge in [-0.2, -0.15) is 13.5 Å². The van der Waals surface area contributed by atoms with Crippen LogP contribution in [0, 0.1) is 0 Å². The fraction of sp³-hybridized carbons (Fsp3) is 0.143. The van der Waals surface area contributed by atoms with Crippen LogP contribution < -0.4 is 5.48 Å². The standard InChI is InChI=1S/C21H18Cl2N4O3S2/c1-30-25-21(26-32(28,29)16-9-7-15(22)8-10-16)27-13-17(14-5-3-2-4-6-14)20(24-27)18-11-12-19(23)31-18/h2-12,17H,13H2,1H3,(H,25,26). The van der Waals surface area contributed by atoms with Crippen molar-refractivity contribution in [3.05, 3.63) is 86.5 Å². The summed E-state index contributed by atoms with van der Waals surface area (Å²) in [5.41, 5.74) is 4.36. The lowest BCUT2D eigenvalue weighted by atomic mass is 9.94. The van der Waals surface area contributed by atoms with E-state index in [4.69, 9.17) is 28.0 Å². The fourth-order valence-corrected chi connectivity index (χ4v) is 5.39. The Morgan fingerprint density at radius 3 is 2.47 bits per heavy atom. The number of benzene rings is 2. The summed E-state index contributed by atoms with van der Waals surface area (Å²) >= 11 is 13.4.